The molecule has 1 spiro atoms. The van der Waals surface area contributed by atoms with E-state index >= 15 is 0 Å². The second-order valence-corrected chi connectivity index (χ2v) is 10.5. The van der Waals surface area contributed by atoms with Crippen molar-refractivity contribution in [3.8, 4) is 0 Å². The summed E-state index contributed by atoms with van der Waals surface area (Å²) in [5, 5.41) is 13.1. The average molecular weight is 529 g/mol. The molecule has 2 aromatic heterocycles. The molecule has 1 aromatic carbocycles. The van der Waals surface area contributed by atoms with Gasteiger partial charge in [0.1, 0.15) is 0 Å². The number of nitrogens with one attached hydrogen (secondary N) is 3. The van der Waals surface area contributed by atoms with Crippen LogP contribution in [0.15, 0.2) is 48.8 Å². The third kappa shape index (κ3) is 4.81. The van der Waals surface area contributed by atoms with Crippen LogP contribution in [0.3, 0.4) is 0 Å². The third-order valence-corrected chi connectivity index (χ3v) is 7.52. The number of aromatic nitrogens is 2. The van der Waals surface area contributed by atoms with E-state index in [1.807, 2.05) is 18.3 Å². The van der Waals surface area contributed by atoms with Crippen molar-refractivity contribution in [1.29, 1.82) is 0 Å². The molecule has 0 unspecified atom stereocenters. The van der Waals surface area contributed by atoms with Crippen LogP contribution in [0.2, 0.25) is 0 Å². The first-order valence-electron chi connectivity index (χ1n) is 12.5. The molecule has 3 fully saturated rings. The van der Waals surface area contributed by atoms with Gasteiger partial charge in [0, 0.05) is 43.0 Å². The van der Waals surface area contributed by atoms with Gasteiger partial charge in [-0.3, -0.25) is 4.79 Å². The number of fused-ring (bicyclic) bond motifs is 1. The van der Waals surface area contributed by atoms with Crippen molar-refractivity contribution in [1.82, 2.24) is 25.1 Å². The highest BCUT2D eigenvalue weighted by atomic mass is 19.4. The zero-order valence-corrected chi connectivity index (χ0v) is 20.4. The summed E-state index contributed by atoms with van der Waals surface area (Å²) in [5.41, 5.74) is 1.61. The molecule has 2 aliphatic heterocycles. The maximum absolute atomic E-state index is 13.1. The summed E-state index contributed by atoms with van der Waals surface area (Å²) in [6, 6.07) is 8.17. The SMILES string of the molecule is O=C(Nc1cccc(C(F)(F)F)c1)NC1CC2(C1)CN(C(=O)c1cnn3cc(CNC4COC4)ccc13)C2. The molecule has 38 heavy (non-hydrogen) atoms. The van der Waals surface area contributed by atoms with Crippen molar-refractivity contribution in [3.05, 3.63) is 65.5 Å². The van der Waals surface area contributed by atoms with Crippen molar-refractivity contribution in [2.24, 2.45) is 5.41 Å². The van der Waals surface area contributed by atoms with Crippen LogP contribution in [-0.2, 0) is 17.5 Å². The first kappa shape index (κ1) is 24.7. The first-order valence-corrected chi connectivity index (χ1v) is 12.5. The molecule has 0 bridgehead atoms. The number of carbonyl (C=O) groups excluding carboxylic acids is 2. The normalized spacial score (nSPS) is 19.1. The predicted molar refractivity (Wildman–Crippen MR) is 132 cm³/mol. The molecule has 0 atom stereocenters. The zero-order valence-electron chi connectivity index (χ0n) is 20.4. The van der Waals surface area contributed by atoms with Crippen molar-refractivity contribution in [2.75, 3.05) is 31.6 Å². The standard InChI is InChI=1S/C26H27F3N6O3/c27-26(28,29)17-2-1-3-18(6-17)32-24(37)33-19-7-25(8-19)14-34(15-25)23(36)21-10-31-35-11-16(4-5-22(21)35)9-30-20-12-38-13-20/h1-6,10-11,19-20,30H,7-9,12-15H2,(H2,32,33,37). The van der Waals surface area contributed by atoms with E-state index in [4.69, 9.17) is 4.74 Å². The van der Waals surface area contributed by atoms with Gasteiger partial charge in [-0.1, -0.05) is 12.1 Å². The van der Waals surface area contributed by atoms with Crippen molar-refractivity contribution < 1.29 is 27.5 Å². The van der Waals surface area contributed by atoms with Gasteiger partial charge < -0.3 is 25.6 Å². The van der Waals surface area contributed by atoms with E-state index in [2.05, 4.69) is 21.0 Å². The lowest BCUT2D eigenvalue weighted by atomic mass is 9.60. The first-order chi connectivity index (χ1) is 18.2. The minimum atomic E-state index is -4.48. The minimum Gasteiger partial charge on any atom is -0.378 e. The number of hydrogen-bond acceptors (Lipinski definition) is 5. The van der Waals surface area contributed by atoms with E-state index in [9.17, 15) is 22.8 Å². The van der Waals surface area contributed by atoms with Gasteiger partial charge in [-0.25, -0.2) is 9.31 Å². The summed E-state index contributed by atoms with van der Waals surface area (Å²) >= 11 is 0. The highest BCUT2D eigenvalue weighted by Gasteiger charge is 2.54. The Morgan fingerprint density at radius 2 is 1.89 bits per heavy atom. The molecule has 4 heterocycles. The number of pyridine rings is 1. The Morgan fingerprint density at radius 1 is 1.11 bits per heavy atom. The van der Waals surface area contributed by atoms with E-state index in [-0.39, 0.29) is 23.1 Å². The second-order valence-electron chi connectivity index (χ2n) is 10.5. The van der Waals surface area contributed by atoms with Gasteiger partial charge in [-0.05, 0) is 42.7 Å². The third-order valence-electron chi connectivity index (χ3n) is 7.52. The Kier molecular flexibility index (Phi) is 6.03. The van der Waals surface area contributed by atoms with Crippen LogP contribution in [0.5, 0.6) is 0 Å². The lowest BCUT2D eigenvalue weighted by molar-refractivity contribution is -0.137. The molecular weight excluding hydrogens is 501 g/mol. The Morgan fingerprint density at radius 3 is 2.61 bits per heavy atom. The van der Waals surface area contributed by atoms with Gasteiger partial charge in [-0.15, -0.1) is 0 Å². The van der Waals surface area contributed by atoms with Crippen molar-refractivity contribution >= 4 is 23.1 Å². The molecule has 2 saturated heterocycles. The number of anilines is 1. The second kappa shape index (κ2) is 9.28. The number of ether oxygens (including phenoxy) is 1. The molecule has 3 aliphatic rings. The summed E-state index contributed by atoms with van der Waals surface area (Å²) in [7, 11) is 0. The molecule has 1 saturated carbocycles. The molecule has 6 rings (SSSR count). The quantitative estimate of drug-likeness (QED) is 0.456. The molecule has 3 N–H and O–H groups in total. The lowest BCUT2D eigenvalue weighted by Gasteiger charge is -2.58. The highest BCUT2D eigenvalue weighted by molar-refractivity contribution is 6.01. The van der Waals surface area contributed by atoms with E-state index in [1.54, 1.807) is 15.6 Å². The van der Waals surface area contributed by atoms with Gasteiger partial charge >= 0.3 is 12.2 Å². The van der Waals surface area contributed by atoms with Crippen LogP contribution in [0.1, 0.15) is 34.3 Å². The largest absolute Gasteiger partial charge is 0.416 e. The molecular formula is C26H27F3N6O3. The molecule has 200 valence electrons. The van der Waals surface area contributed by atoms with Crippen LogP contribution in [0.25, 0.3) is 5.52 Å². The van der Waals surface area contributed by atoms with Crippen LogP contribution in [0.4, 0.5) is 23.7 Å². The number of likely N-dealkylation sites (tertiary alicyclic amines) is 1. The number of rotatable bonds is 6. The Balaban J connectivity index is 0.983. The van der Waals surface area contributed by atoms with E-state index < -0.39 is 17.8 Å². The topological polar surface area (TPSA) is 100 Å². The van der Waals surface area contributed by atoms with Crippen LogP contribution in [0, 0.1) is 5.41 Å². The van der Waals surface area contributed by atoms with Crippen molar-refractivity contribution in [3.63, 3.8) is 0 Å². The fourth-order valence-corrected chi connectivity index (χ4v) is 5.46. The number of halogens is 3. The summed E-state index contributed by atoms with van der Waals surface area (Å²) < 4.78 is 45.5. The summed E-state index contributed by atoms with van der Waals surface area (Å²) in [4.78, 5) is 27.2. The number of carbonyl (C=O) groups is 2. The maximum atomic E-state index is 13.1. The van der Waals surface area contributed by atoms with Crippen LogP contribution < -0.4 is 16.0 Å². The molecule has 9 nitrogen and oxygen atoms in total. The highest BCUT2D eigenvalue weighted by Crippen LogP contribution is 2.48. The Hall–Kier alpha value is -3.64. The molecule has 3 amide bonds. The van der Waals surface area contributed by atoms with E-state index in [0.717, 1.165) is 36.4 Å². The lowest BCUT2D eigenvalue weighted by Crippen LogP contribution is -2.67. The fraction of sp³-hybridized carbons (Fsp3) is 0.423. The summed E-state index contributed by atoms with van der Waals surface area (Å²) in [5.74, 6) is -0.0678. The number of nitrogens with zero attached hydrogens (tertiary/aromatic N) is 3. The smallest absolute Gasteiger partial charge is 0.378 e. The maximum Gasteiger partial charge on any atom is 0.416 e. The van der Waals surface area contributed by atoms with Gasteiger partial charge in [0.05, 0.1) is 42.1 Å². The average Bonchev–Trinajstić information content (AvgIpc) is 3.21. The molecule has 0 radical (unpaired) electrons. The number of benzene rings is 1. The van der Waals surface area contributed by atoms with E-state index in [1.165, 1.54) is 12.1 Å². The molecule has 1 aliphatic carbocycles. The number of amides is 3. The zero-order chi connectivity index (χ0) is 26.5. The van der Waals surface area contributed by atoms with Crippen LogP contribution in [-0.4, -0.2) is 64.8 Å². The molecule has 3 aromatic rings. The van der Waals surface area contributed by atoms with Gasteiger partial charge in [0.15, 0.2) is 0 Å². The predicted octanol–water partition coefficient (Wildman–Crippen LogP) is 3.27. The van der Waals surface area contributed by atoms with Gasteiger partial charge in [0.2, 0.25) is 0 Å². The minimum absolute atomic E-state index is 0.0309. The van der Waals surface area contributed by atoms with Crippen LogP contribution >= 0.6 is 0 Å². The van der Waals surface area contributed by atoms with Gasteiger partial charge in [-0.2, -0.15) is 18.3 Å². The Bertz CT molecular complexity index is 1370. The number of urea groups is 1. The Labute approximate surface area is 216 Å². The monoisotopic (exact) mass is 528 g/mol. The summed E-state index contributed by atoms with van der Waals surface area (Å²) in [6.45, 7) is 3.35. The molecule has 12 heteroatoms. The number of hydrogen-bond donors (Lipinski definition) is 3. The van der Waals surface area contributed by atoms with Crippen molar-refractivity contribution in [2.45, 2.75) is 37.6 Å². The van der Waals surface area contributed by atoms with Gasteiger partial charge in [0.25, 0.3) is 5.91 Å². The number of alkyl halides is 3. The fourth-order valence-electron chi connectivity index (χ4n) is 5.46. The summed E-state index contributed by atoms with van der Waals surface area (Å²) in [6.07, 6.45) is 0.469. The van der Waals surface area contributed by atoms with E-state index in [0.29, 0.717) is 44.1 Å².